The fourth-order valence-electron chi connectivity index (χ4n) is 3.79. The van der Waals surface area contributed by atoms with E-state index >= 15 is 0 Å². The number of fused-ring (bicyclic) bond motifs is 1. The van der Waals surface area contributed by atoms with Crippen molar-refractivity contribution < 1.29 is 13.2 Å². The van der Waals surface area contributed by atoms with E-state index in [2.05, 4.69) is 15.4 Å². The Labute approximate surface area is 153 Å². The fraction of sp³-hybridized carbons (Fsp3) is 0.647. The molecule has 8 nitrogen and oxygen atoms in total. The third-order valence-corrected chi connectivity index (χ3v) is 7.66. The molecule has 0 radical (unpaired) electrons. The van der Waals surface area contributed by atoms with Gasteiger partial charge in [0.25, 0.3) is 0 Å². The fourth-order valence-corrected chi connectivity index (χ4v) is 5.72. The summed E-state index contributed by atoms with van der Waals surface area (Å²) >= 11 is 0. The predicted octanol–water partition coefficient (Wildman–Crippen LogP) is 1.42. The van der Waals surface area contributed by atoms with Gasteiger partial charge >= 0.3 is 0 Å². The Bertz CT molecular complexity index is 868. The molecule has 2 aromatic heterocycles. The molecule has 0 bridgehead atoms. The first kappa shape index (κ1) is 17.7. The van der Waals surface area contributed by atoms with E-state index < -0.39 is 10.0 Å². The summed E-state index contributed by atoms with van der Waals surface area (Å²) in [6, 6.07) is 2.21. The molecule has 0 atom stereocenters. The molecule has 142 valence electrons. The summed E-state index contributed by atoms with van der Waals surface area (Å²) in [6.07, 6.45) is 6.32. The second kappa shape index (κ2) is 7.13. The quantitative estimate of drug-likeness (QED) is 0.864. The third-order valence-electron chi connectivity index (χ3n) is 5.26. The van der Waals surface area contributed by atoms with Crippen LogP contribution in [-0.4, -0.2) is 64.9 Å². The Morgan fingerprint density at radius 1 is 1.19 bits per heavy atom. The van der Waals surface area contributed by atoms with Gasteiger partial charge in [0.15, 0.2) is 5.82 Å². The molecule has 4 rings (SSSR count). The highest BCUT2D eigenvalue weighted by Gasteiger charge is 2.35. The molecule has 2 saturated heterocycles. The van der Waals surface area contributed by atoms with Gasteiger partial charge in [-0.3, -0.25) is 0 Å². The summed E-state index contributed by atoms with van der Waals surface area (Å²) < 4.78 is 34.4. The monoisotopic (exact) mass is 379 g/mol. The molecule has 0 amide bonds. The Morgan fingerprint density at radius 2 is 1.92 bits per heavy atom. The van der Waals surface area contributed by atoms with E-state index in [1.807, 2.05) is 23.7 Å². The highest BCUT2D eigenvalue weighted by Crippen LogP contribution is 2.25. The third kappa shape index (κ3) is 3.43. The van der Waals surface area contributed by atoms with Crippen molar-refractivity contribution in [3.8, 4) is 0 Å². The normalized spacial score (nSPS) is 21.3. The van der Waals surface area contributed by atoms with Crippen LogP contribution < -0.4 is 5.32 Å². The first-order chi connectivity index (χ1) is 12.5. The van der Waals surface area contributed by atoms with Crippen molar-refractivity contribution in [2.75, 3.05) is 31.6 Å². The number of anilines is 1. The lowest BCUT2D eigenvalue weighted by Crippen LogP contribution is -2.47. The van der Waals surface area contributed by atoms with E-state index in [4.69, 9.17) is 4.74 Å². The molecule has 0 saturated carbocycles. The molecule has 2 aliphatic heterocycles. The molecule has 0 spiro atoms. The van der Waals surface area contributed by atoms with Crippen LogP contribution in [0, 0.1) is 6.92 Å². The molecule has 2 aliphatic rings. The summed E-state index contributed by atoms with van der Waals surface area (Å²) in [5.41, 5.74) is 1.89. The summed E-state index contributed by atoms with van der Waals surface area (Å²) in [4.78, 5) is 4.44. The van der Waals surface area contributed by atoms with Crippen LogP contribution in [0.5, 0.6) is 0 Å². The second-order valence-corrected chi connectivity index (χ2v) is 9.28. The zero-order valence-corrected chi connectivity index (χ0v) is 15.8. The van der Waals surface area contributed by atoms with Crippen molar-refractivity contribution in [2.45, 2.75) is 43.9 Å². The van der Waals surface area contributed by atoms with Crippen LogP contribution in [0.25, 0.3) is 5.52 Å². The zero-order valence-electron chi connectivity index (χ0n) is 15.0. The minimum absolute atomic E-state index is 0.213. The number of nitrogens with zero attached hydrogens (tertiary/aromatic N) is 4. The second-order valence-electron chi connectivity index (χ2n) is 7.07. The maximum Gasteiger partial charge on any atom is 0.217 e. The Hall–Kier alpha value is -1.71. The summed E-state index contributed by atoms with van der Waals surface area (Å²) in [7, 11) is -3.22. The molecule has 2 fully saturated rings. The largest absolute Gasteiger partial charge is 0.381 e. The molecule has 0 unspecified atom stereocenters. The van der Waals surface area contributed by atoms with Crippen LogP contribution >= 0.6 is 0 Å². The number of sulfonamides is 1. The minimum atomic E-state index is -3.22. The minimum Gasteiger partial charge on any atom is -0.381 e. The number of hydrogen-bond acceptors (Lipinski definition) is 6. The van der Waals surface area contributed by atoms with Crippen molar-refractivity contribution in [3.63, 3.8) is 0 Å². The molecule has 1 N–H and O–H groups in total. The van der Waals surface area contributed by atoms with E-state index in [0.717, 1.165) is 29.9 Å². The van der Waals surface area contributed by atoms with Gasteiger partial charge < -0.3 is 10.1 Å². The van der Waals surface area contributed by atoms with E-state index in [0.29, 0.717) is 39.1 Å². The van der Waals surface area contributed by atoms with Gasteiger partial charge in [0.2, 0.25) is 10.0 Å². The Balaban J connectivity index is 1.40. The molecule has 0 aliphatic carbocycles. The summed E-state index contributed by atoms with van der Waals surface area (Å²) in [5, 5.41) is 7.59. The summed E-state index contributed by atoms with van der Waals surface area (Å²) in [6.45, 7) is 4.15. The maximum absolute atomic E-state index is 12.8. The van der Waals surface area contributed by atoms with E-state index in [1.165, 1.54) is 0 Å². The lowest BCUT2D eigenvalue weighted by atomic mass is 10.1. The molecular formula is C17H25N5O3S. The predicted molar refractivity (Wildman–Crippen MR) is 98.7 cm³/mol. The number of hydrogen-bond donors (Lipinski definition) is 1. The van der Waals surface area contributed by atoms with Gasteiger partial charge in [-0.2, -0.15) is 5.10 Å². The van der Waals surface area contributed by atoms with Crippen LogP contribution in [0.3, 0.4) is 0 Å². The summed E-state index contributed by atoms with van der Waals surface area (Å²) in [5.74, 6) is 0.804. The topological polar surface area (TPSA) is 88.8 Å². The highest BCUT2D eigenvalue weighted by atomic mass is 32.2. The maximum atomic E-state index is 12.8. The molecule has 4 heterocycles. The van der Waals surface area contributed by atoms with Crippen LogP contribution in [0.4, 0.5) is 5.82 Å². The smallest absolute Gasteiger partial charge is 0.217 e. The highest BCUT2D eigenvalue weighted by molar-refractivity contribution is 7.89. The van der Waals surface area contributed by atoms with Crippen LogP contribution in [0.15, 0.2) is 18.5 Å². The lowest BCUT2D eigenvalue weighted by Gasteiger charge is -2.35. The van der Waals surface area contributed by atoms with Crippen molar-refractivity contribution in [2.24, 2.45) is 0 Å². The Morgan fingerprint density at radius 3 is 2.65 bits per heavy atom. The van der Waals surface area contributed by atoms with Crippen molar-refractivity contribution in [1.82, 2.24) is 18.9 Å². The number of aromatic nitrogens is 3. The average molecular weight is 379 g/mol. The van der Waals surface area contributed by atoms with Gasteiger partial charge in [0.05, 0.1) is 10.9 Å². The number of rotatable bonds is 4. The Kier molecular flexibility index (Phi) is 4.85. The van der Waals surface area contributed by atoms with Gasteiger partial charge in [-0.05, 0) is 38.7 Å². The zero-order chi connectivity index (χ0) is 18.1. The van der Waals surface area contributed by atoms with Gasteiger partial charge in [-0.15, -0.1) is 0 Å². The van der Waals surface area contributed by atoms with Gasteiger partial charge in [0, 0.05) is 44.7 Å². The van der Waals surface area contributed by atoms with Gasteiger partial charge in [-0.1, -0.05) is 0 Å². The molecular weight excluding hydrogens is 354 g/mol. The van der Waals surface area contributed by atoms with Crippen molar-refractivity contribution in [1.29, 1.82) is 0 Å². The molecule has 0 aromatic carbocycles. The first-order valence-electron chi connectivity index (χ1n) is 9.18. The van der Waals surface area contributed by atoms with Crippen molar-refractivity contribution >= 4 is 21.4 Å². The van der Waals surface area contributed by atoms with Crippen LogP contribution in [0.2, 0.25) is 0 Å². The van der Waals surface area contributed by atoms with Crippen molar-refractivity contribution in [3.05, 3.63) is 24.2 Å². The van der Waals surface area contributed by atoms with Crippen LogP contribution in [-0.2, 0) is 14.8 Å². The number of aryl methyl sites for hydroxylation is 1. The van der Waals surface area contributed by atoms with Gasteiger partial charge in [0.1, 0.15) is 5.52 Å². The molecule has 26 heavy (non-hydrogen) atoms. The van der Waals surface area contributed by atoms with E-state index in [-0.39, 0.29) is 11.3 Å². The average Bonchev–Trinajstić information content (AvgIpc) is 3.04. The molecule has 2 aromatic rings. The standard InChI is InChI=1S/C17H25N5O3S/c1-13-12-16-17(18-6-9-22(16)20-13)19-14-2-7-21(8-3-14)26(23,24)15-4-10-25-11-5-15/h6,9,12,14-15H,2-5,7-8,10-11H2,1H3,(H,18,19). The number of nitrogens with one attached hydrogen (secondary N) is 1. The van der Waals surface area contributed by atoms with Gasteiger partial charge in [-0.25, -0.2) is 22.2 Å². The number of ether oxygens (including phenoxy) is 1. The van der Waals surface area contributed by atoms with E-state index in [1.54, 1.807) is 10.5 Å². The first-order valence-corrected chi connectivity index (χ1v) is 10.7. The molecule has 9 heteroatoms. The number of piperidine rings is 1. The van der Waals surface area contributed by atoms with Crippen LogP contribution in [0.1, 0.15) is 31.4 Å². The van der Waals surface area contributed by atoms with E-state index in [9.17, 15) is 8.42 Å². The SMILES string of the molecule is Cc1cc2c(NC3CCN(S(=O)(=O)C4CCOCC4)CC3)nccn2n1. The lowest BCUT2D eigenvalue weighted by molar-refractivity contribution is 0.0969.